The average molecular weight is 431 g/mol. The highest BCUT2D eigenvalue weighted by Gasteiger charge is 2.22. The molecule has 1 fully saturated rings. The second-order valence-electron chi connectivity index (χ2n) is 7.67. The minimum atomic E-state index is 0.450. The number of thioether (sulfide) groups is 1. The highest BCUT2D eigenvalue weighted by molar-refractivity contribution is 7.99. The molecule has 0 aliphatic heterocycles. The van der Waals surface area contributed by atoms with E-state index in [4.69, 9.17) is 9.73 Å². The molecule has 2 atom stereocenters. The molecule has 164 valence electrons. The van der Waals surface area contributed by atoms with Gasteiger partial charge >= 0.3 is 0 Å². The third-order valence-electron chi connectivity index (χ3n) is 5.54. The number of aliphatic imine (C=N–C) groups is 1. The summed E-state index contributed by atoms with van der Waals surface area (Å²) in [6, 6.07) is 8.51. The lowest BCUT2D eigenvalue weighted by Gasteiger charge is -2.30. The molecule has 2 unspecified atom stereocenters. The Kier molecular flexibility index (Phi) is 8.42. The monoisotopic (exact) mass is 430 g/mol. The van der Waals surface area contributed by atoms with Crippen LogP contribution in [0.3, 0.4) is 0 Å². The van der Waals surface area contributed by atoms with Gasteiger partial charge in [0, 0.05) is 18.3 Å². The van der Waals surface area contributed by atoms with Crippen LogP contribution in [-0.4, -0.2) is 44.9 Å². The fourth-order valence-electron chi connectivity index (χ4n) is 3.68. The SMILES string of the molecule is CCSC1CCCC(NC(=NCc2ccc(OC)cc2)NCc2nnc(C)n2C)C1. The summed E-state index contributed by atoms with van der Waals surface area (Å²) in [5.74, 6) is 4.68. The van der Waals surface area contributed by atoms with E-state index in [0.29, 0.717) is 19.1 Å². The minimum absolute atomic E-state index is 0.450. The molecule has 0 bridgehead atoms. The standard InChI is InChI=1S/C22H34N6OS/c1-5-30-20-8-6-7-18(13-20)25-22(24-15-21-27-26-16(2)28(21)3)23-14-17-9-11-19(29-4)12-10-17/h9-12,18,20H,5-8,13-15H2,1-4H3,(H2,23,24,25). The normalized spacial score (nSPS) is 19.5. The quantitative estimate of drug-likeness (QED) is 0.494. The molecule has 1 aromatic carbocycles. The molecule has 1 aliphatic rings. The molecule has 1 aliphatic carbocycles. The number of ether oxygens (including phenoxy) is 1. The van der Waals surface area contributed by atoms with Crippen molar-refractivity contribution in [2.24, 2.45) is 12.0 Å². The molecule has 2 aromatic rings. The van der Waals surface area contributed by atoms with Crippen molar-refractivity contribution in [1.29, 1.82) is 0 Å². The van der Waals surface area contributed by atoms with Crippen LogP contribution in [0, 0.1) is 6.92 Å². The highest BCUT2D eigenvalue weighted by Crippen LogP contribution is 2.28. The number of hydrogen-bond acceptors (Lipinski definition) is 5. The number of hydrogen-bond donors (Lipinski definition) is 2. The number of aryl methyl sites for hydroxylation is 1. The maximum Gasteiger partial charge on any atom is 0.192 e. The molecule has 0 amide bonds. The van der Waals surface area contributed by atoms with Gasteiger partial charge in [0.1, 0.15) is 11.6 Å². The van der Waals surface area contributed by atoms with Crippen LogP contribution in [0.1, 0.15) is 49.8 Å². The molecule has 3 rings (SSSR count). The molecule has 1 aromatic heterocycles. The number of guanidine groups is 1. The van der Waals surface area contributed by atoms with E-state index >= 15 is 0 Å². The van der Waals surface area contributed by atoms with E-state index in [1.54, 1.807) is 7.11 Å². The molecule has 7 nitrogen and oxygen atoms in total. The van der Waals surface area contributed by atoms with E-state index in [9.17, 15) is 0 Å². The predicted molar refractivity (Wildman–Crippen MR) is 124 cm³/mol. The summed E-state index contributed by atoms with van der Waals surface area (Å²) in [5.41, 5.74) is 1.15. The van der Waals surface area contributed by atoms with Gasteiger partial charge in [-0.15, -0.1) is 10.2 Å². The molecule has 8 heteroatoms. The number of methoxy groups -OCH3 is 1. The third kappa shape index (κ3) is 6.39. The van der Waals surface area contributed by atoms with Gasteiger partial charge in [0.15, 0.2) is 11.8 Å². The van der Waals surface area contributed by atoms with Crippen LogP contribution >= 0.6 is 11.8 Å². The van der Waals surface area contributed by atoms with Crippen molar-refractivity contribution in [3.63, 3.8) is 0 Å². The van der Waals surface area contributed by atoms with Gasteiger partial charge in [0.05, 0.1) is 20.2 Å². The zero-order chi connectivity index (χ0) is 21.3. The molecular weight excluding hydrogens is 396 g/mol. The summed E-state index contributed by atoms with van der Waals surface area (Å²) in [6.45, 7) is 5.40. The van der Waals surface area contributed by atoms with E-state index in [1.165, 1.54) is 31.4 Å². The summed E-state index contributed by atoms with van der Waals surface area (Å²) in [5, 5.41) is 16.3. The molecule has 1 heterocycles. The van der Waals surface area contributed by atoms with Gasteiger partial charge in [-0.3, -0.25) is 0 Å². The number of nitrogens with zero attached hydrogens (tertiary/aromatic N) is 4. The van der Waals surface area contributed by atoms with Gasteiger partial charge in [-0.05, 0) is 49.6 Å². The lowest BCUT2D eigenvalue weighted by Crippen LogP contribution is -2.45. The average Bonchev–Trinajstić information content (AvgIpc) is 3.08. The summed E-state index contributed by atoms with van der Waals surface area (Å²) in [7, 11) is 3.67. The summed E-state index contributed by atoms with van der Waals surface area (Å²) in [6.07, 6.45) is 4.96. The van der Waals surface area contributed by atoms with Crippen LogP contribution < -0.4 is 15.4 Å². The molecule has 30 heavy (non-hydrogen) atoms. The molecular formula is C22H34N6OS. The van der Waals surface area contributed by atoms with Crippen LogP contribution in [0.4, 0.5) is 0 Å². The number of nitrogens with one attached hydrogen (secondary N) is 2. The number of aromatic nitrogens is 3. The second-order valence-corrected chi connectivity index (χ2v) is 9.25. The summed E-state index contributed by atoms with van der Waals surface area (Å²) in [4.78, 5) is 4.86. The first kappa shape index (κ1) is 22.5. The Morgan fingerprint density at radius 3 is 2.73 bits per heavy atom. The first-order valence-corrected chi connectivity index (χ1v) is 11.8. The van der Waals surface area contributed by atoms with Crippen LogP contribution in [0.5, 0.6) is 5.75 Å². The van der Waals surface area contributed by atoms with Crippen molar-refractivity contribution in [2.75, 3.05) is 12.9 Å². The number of rotatable bonds is 8. The van der Waals surface area contributed by atoms with E-state index in [0.717, 1.165) is 34.2 Å². The Labute approximate surface area is 184 Å². The van der Waals surface area contributed by atoms with Crippen molar-refractivity contribution in [3.05, 3.63) is 41.5 Å². The molecule has 1 saturated carbocycles. The van der Waals surface area contributed by atoms with Gasteiger partial charge in [-0.25, -0.2) is 4.99 Å². The minimum Gasteiger partial charge on any atom is -0.497 e. The number of benzene rings is 1. The summed E-state index contributed by atoms with van der Waals surface area (Å²) >= 11 is 2.08. The Morgan fingerprint density at radius 2 is 2.07 bits per heavy atom. The van der Waals surface area contributed by atoms with Crippen LogP contribution in [0.15, 0.2) is 29.3 Å². The van der Waals surface area contributed by atoms with Crippen molar-refractivity contribution >= 4 is 17.7 Å². The van der Waals surface area contributed by atoms with E-state index in [1.807, 2.05) is 30.7 Å². The van der Waals surface area contributed by atoms with Crippen LogP contribution in [-0.2, 0) is 20.1 Å². The van der Waals surface area contributed by atoms with Crippen molar-refractivity contribution in [1.82, 2.24) is 25.4 Å². The molecule has 0 radical (unpaired) electrons. The Bertz CT molecular complexity index is 818. The smallest absolute Gasteiger partial charge is 0.192 e. The fraction of sp³-hybridized carbons (Fsp3) is 0.591. The third-order valence-corrected chi connectivity index (χ3v) is 6.78. The molecule has 0 saturated heterocycles. The maximum atomic E-state index is 5.25. The van der Waals surface area contributed by atoms with Gasteiger partial charge in [-0.1, -0.05) is 25.5 Å². The van der Waals surface area contributed by atoms with E-state index in [-0.39, 0.29) is 0 Å². The lowest BCUT2D eigenvalue weighted by molar-refractivity contribution is 0.414. The largest absolute Gasteiger partial charge is 0.497 e. The van der Waals surface area contributed by atoms with E-state index < -0.39 is 0 Å². The van der Waals surface area contributed by atoms with Gasteiger partial charge in [-0.2, -0.15) is 11.8 Å². The summed E-state index contributed by atoms with van der Waals surface area (Å²) < 4.78 is 7.25. The second kappa shape index (κ2) is 11.2. The van der Waals surface area contributed by atoms with Crippen molar-refractivity contribution < 1.29 is 4.74 Å². The van der Waals surface area contributed by atoms with E-state index in [2.05, 4.69) is 51.6 Å². The topological polar surface area (TPSA) is 76.4 Å². The zero-order valence-electron chi connectivity index (χ0n) is 18.5. The lowest BCUT2D eigenvalue weighted by atomic mass is 9.95. The first-order valence-electron chi connectivity index (χ1n) is 10.7. The zero-order valence-corrected chi connectivity index (χ0v) is 19.3. The molecule has 0 spiro atoms. The van der Waals surface area contributed by atoms with Gasteiger partial charge in [0.25, 0.3) is 0 Å². The maximum absolute atomic E-state index is 5.25. The fourth-order valence-corrected chi connectivity index (χ4v) is 4.85. The van der Waals surface area contributed by atoms with Crippen molar-refractivity contribution in [2.45, 2.75) is 63.9 Å². The Morgan fingerprint density at radius 1 is 1.27 bits per heavy atom. The molecule has 2 N–H and O–H groups in total. The van der Waals surface area contributed by atoms with Crippen LogP contribution in [0.2, 0.25) is 0 Å². The predicted octanol–water partition coefficient (Wildman–Crippen LogP) is 3.43. The van der Waals surface area contributed by atoms with Crippen LogP contribution in [0.25, 0.3) is 0 Å². The van der Waals surface area contributed by atoms with Gasteiger partial charge < -0.3 is 19.9 Å². The van der Waals surface area contributed by atoms with Crippen molar-refractivity contribution in [3.8, 4) is 5.75 Å². The van der Waals surface area contributed by atoms with Gasteiger partial charge in [0.2, 0.25) is 0 Å². The Balaban J connectivity index is 1.67. The highest BCUT2D eigenvalue weighted by atomic mass is 32.2. The first-order chi connectivity index (χ1) is 14.6. The Hall–Kier alpha value is -2.22.